The number of hydrogen-bond donors (Lipinski definition) is 3. The highest BCUT2D eigenvalue weighted by molar-refractivity contribution is 6.13. The molecule has 1 unspecified atom stereocenters. The fraction of sp³-hybridized carbons (Fsp3) is 0.118. The monoisotopic (exact) mass is 297 g/mol. The second kappa shape index (κ2) is 5.73. The Morgan fingerprint density at radius 2 is 1.82 bits per heavy atom. The number of aryl methyl sites for hydroxylation is 1. The average Bonchev–Trinajstić information content (AvgIpc) is 2.52. The van der Waals surface area contributed by atoms with Crippen molar-refractivity contribution in [1.82, 2.24) is 0 Å². The first kappa shape index (κ1) is 14.5. The second-order valence-electron chi connectivity index (χ2n) is 5.27. The van der Waals surface area contributed by atoms with Gasteiger partial charge in [-0.2, -0.15) is 5.23 Å². The molecule has 3 N–H and O–H groups in total. The number of allylic oxidation sites excluding steroid dienone is 1. The molecule has 0 fully saturated rings. The van der Waals surface area contributed by atoms with Crippen molar-refractivity contribution in [2.45, 2.75) is 12.8 Å². The van der Waals surface area contributed by atoms with E-state index in [0.717, 1.165) is 11.1 Å². The number of ketones is 1. The molecule has 0 saturated carbocycles. The maximum Gasteiger partial charge on any atom is 0.189 e. The minimum Gasteiger partial charge on any atom is -0.595 e. The van der Waals surface area contributed by atoms with Crippen LogP contribution in [0.5, 0.6) is 5.75 Å². The summed E-state index contributed by atoms with van der Waals surface area (Å²) >= 11 is 0. The van der Waals surface area contributed by atoms with Crippen LogP contribution in [0.1, 0.15) is 27.9 Å². The van der Waals surface area contributed by atoms with Gasteiger partial charge in [-0.25, -0.2) is 5.21 Å². The molecule has 1 atom stereocenters. The van der Waals surface area contributed by atoms with Crippen LogP contribution in [-0.2, 0) is 6.42 Å². The number of hydrogen-bond acceptors (Lipinski definition) is 4. The zero-order valence-corrected chi connectivity index (χ0v) is 11.7. The number of phenolic OH excluding ortho intramolecular Hbond substituents is 1. The smallest absolute Gasteiger partial charge is 0.189 e. The average molecular weight is 297 g/mol. The van der Waals surface area contributed by atoms with E-state index in [1.807, 2.05) is 0 Å². The summed E-state index contributed by atoms with van der Waals surface area (Å²) < 4.78 is 0. The van der Waals surface area contributed by atoms with Crippen LogP contribution in [0.3, 0.4) is 0 Å². The van der Waals surface area contributed by atoms with E-state index in [9.17, 15) is 15.1 Å². The topological polar surface area (TPSA) is 85.0 Å². The third-order valence-corrected chi connectivity index (χ3v) is 3.79. The lowest BCUT2D eigenvalue weighted by Crippen LogP contribution is -2.99. The summed E-state index contributed by atoms with van der Waals surface area (Å²) in [4.78, 5) is 12.6. The first-order valence-electron chi connectivity index (χ1n) is 6.95. The summed E-state index contributed by atoms with van der Waals surface area (Å²) in [5, 5.41) is 28.3. The van der Waals surface area contributed by atoms with Gasteiger partial charge in [0, 0.05) is 23.3 Å². The van der Waals surface area contributed by atoms with Crippen molar-refractivity contribution in [3.63, 3.8) is 0 Å². The van der Waals surface area contributed by atoms with Crippen molar-refractivity contribution in [1.29, 1.82) is 0 Å². The third-order valence-electron chi connectivity index (χ3n) is 3.79. The summed E-state index contributed by atoms with van der Waals surface area (Å²) in [6.07, 6.45) is 3.13. The van der Waals surface area contributed by atoms with Crippen molar-refractivity contribution in [3.05, 3.63) is 69.9 Å². The van der Waals surface area contributed by atoms with E-state index in [2.05, 4.69) is 0 Å². The number of carbonyl (C=O) groups is 1. The van der Waals surface area contributed by atoms with Crippen molar-refractivity contribution < 1.29 is 20.3 Å². The Bertz CT molecular complexity index is 748. The van der Waals surface area contributed by atoms with Gasteiger partial charge in [-0.3, -0.25) is 4.79 Å². The minimum atomic E-state index is -1.04. The first-order valence-corrected chi connectivity index (χ1v) is 6.95. The lowest BCUT2D eigenvalue weighted by Gasteiger charge is -2.19. The standard InChI is InChI=1S/C17H15NO4/c19-15-7-1-11(2-8-15)9-13-4-3-12-5-6-14(18(21)22)10-16(12)17(13)20/h1-2,5-10,18-19,21H,3-4H2/b13-9-. The molecule has 0 aromatic heterocycles. The zero-order valence-electron chi connectivity index (χ0n) is 11.7. The van der Waals surface area contributed by atoms with Gasteiger partial charge in [0.25, 0.3) is 0 Å². The van der Waals surface area contributed by atoms with Gasteiger partial charge >= 0.3 is 0 Å². The van der Waals surface area contributed by atoms with Crippen molar-refractivity contribution in [2.75, 3.05) is 0 Å². The van der Waals surface area contributed by atoms with Gasteiger partial charge in [0.2, 0.25) is 0 Å². The highest BCUT2D eigenvalue weighted by atomic mass is 16.8. The second-order valence-corrected chi connectivity index (χ2v) is 5.27. The molecular weight excluding hydrogens is 282 g/mol. The molecule has 1 aliphatic rings. The van der Waals surface area contributed by atoms with Crippen LogP contribution in [0.25, 0.3) is 6.08 Å². The molecule has 22 heavy (non-hydrogen) atoms. The predicted octanol–water partition coefficient (Wildman–Crippen LogP) is 2.01. The van der Waals surface area contributed by atoms with Crippen LogP contribution in [0.4, 0.5) is 5.69 Å². The van der Waals surface area contributed by atoms with Gasteiger partial charge in [0.05, 0.1) is 0 Å². The van der Waals surface area contributed by atoms with Crippen LogP contribution < -0.4 is 5.23 Å². The third kappa shape index (κ3) is 2.78. The van der Waals surface area contributed by atoms with Crippen molar-refractivity contribution in [3.8, 4) is 5.75 Å². The van der Waals surface area contributed by atoms with E-state index in [4.69, 9.17) is 5.21 Å². The zero-order chi connectivity index (χ0) is 15.7. The lowest BCUT2D eigenvalue weighted by molar-refractivity contribution is -0.991. The fourth-order valence-electron chi connectivity index (χ4n) is 2.60. The Kier molecular flexibility index (Phi) is 3.77. The Morgan fingerprint density at radius 1 is 1.09 bits per heavy atom. The van der Waals surface area contributed by atoms with Crippen LogP contribution in [0.2, 0.25) is 0 Å². The molecule has 3 rings (SSSR count). The highest BCUT2D eigenvalue weighted by Crippen LogP contribution is 2.28. The van der Waals surface area contributed by atoms with E-state index < -0.39 is 5.23 Å². The van der Waals surface area contributed by atoms with Gasteiger partial charge in [-0.05, 0) is 42.2 Å². The molecule has 0 spiro atoms. The van der Waals surface area contributed by atoms with Gasteiger partial charge in [-0.1, -0.05) is 18.2 Å². The van der Waals surface area contributed by atoms with E-state index in [1.54, 1.807) is 36.4 Å². The van der Waals surface area contributed by atoms with E-state index in [1.165, 1.54) is 12.1 Å². The maximum atomic E-state index is 12.6. The molecule has 2 aromatic rings. The van der Waals surface area contributed by atoms with Gasteiger partial charge < -0.3 is 10.3 Å². The first-order chi connectivity index (χ1) is 10.5. The molecule has 112 valence electrons. The van der Waals surface area contributed by atoms with Crippen molar-refractivity contribution in [2.24, 2.45) is 0 Å². The van der Waals surface area contributed by atoms with Crippen LogP contribution in [0.15, 0.2) is 48.0 Å². The van der Waals surface area contributed by atoms with Crippen molar-refractivity contribution >= 4 is 17.5 Å². The minimum absolute atomic E-state index is 0.123. The molecule has 0 radical (unpaired) electrons. The Morgan fingerprint density at radius 3 is 2.50 bits per heavy atom. The Balaban J connectivity index is 1.96. The molecule has 2 aromatic carbocycles. The molecule has 5 nitrogen and oxygen atoms in total. The van der Waals surface area contributed by atoms with E-state index >= 15 is 0 Å². The van der Waals surface area contributed by atoms with Crippen LogP contribution in [0, 0.1) is 5.21 Å². The summed E-state index contributed by atoms with van der Waals surface area (Å²) in [5.74, 6) is 0.0472. The molecule has 0 saturated heterocycles. The molecule has 5 heteroatoms. The number of nitrogens with one attached hydrogen (secondary N) is 1. The largest absolute Gasteiger partial charge is 0.595 e. The van der Waals surface area contributed by atoms with Crippen LogP contribution in [-0.4, -0.2) is 16.1 Å². The number of carbonyl (C=O) groups excluding carboxylic acids is 1. The molecule has 0 heterocycles. The quantitative estimate of drug-likeness (QED) is 0.585. The number of rotatable bonds is 2. The fourth-order valence-corrected chi connectivity index (χ4v) is 2.60. The van der Waals surface area contributed by atoms with Gasteiger partial charge in [0.15, 0.2) is 11.5 Å². The molecular formula is C17H15NO4. The normalized spacial score (nSPS) is 17.4. The van der Waals surface area contributed by atoms with Crippen LogP contribution >= 0.6 is 0 Å². The Labute approximate surface area is 127 Å². The number of quaternary nitrogens is 1. The van der Waals surface area contributed by atoms with E-state index in [-0.39, 0.29) is 17.2 Å². The molecule has 0 amide bonds. The number of benzene rings is 2. The summed E-state index contributed by atoms with van der Waals surface area (Å²) in [5.41, 5.74) is 2.96. The SMILES string of the molecule is O=C1/C(=C\c2ccc(O)cc2)CCc2ccc([NH+]([O-])O)cc21. The van der Waals surface area contributed by atoms with E-state index in [0.29, 0.717) is 24.0 Å². The highest BCUT2D eigenvalue weighted by Gasteiger charge is 2.23. The predicted molar refractivity (Wildman–Crippen MR) is 81.0 cm³/mol. The Hall–Kier alpha value is -2.47. The number of phenols is 1. The molecule has 1 aliphatic carbocycles. The number of Topliss-reactive ketones (excluding diaryl/α,β-unsaturated/α-hetero) is 1. The summed E-state index contributed by atoms with van der Waals surface area (Å²) in [7, 11) is 0. The van der Waals surface area contributed by atoms with Gasteiger partial charge in [-0.15, -0.1) is 0 Å². The summed E-state index contributed by atoms with van der Waals surface area (Å²) in [6.45, 7) is 0. The molecule has 0 bridgehead atoms. The van der Waals surface area contributed by atoms with Gasteiger partial charge in [0.1, 0.15) is 5.75 Å². The lowest BCUT2D eigenvalue weighted by atomic mass is 9.85. The number of aromatic hydroxyl groups is 1. The number of fused-ring (bicyclic) bond motifs is 1. The maximum absolute atomic E-state index is 12.6. The summed E-state index contributed by atoms with van der Waals surface area (Å²) in [6, 6.07) is 11.3. The molecule has 0 aliphatic heterocycles.